The lowest BCUT2D eigenvalue weighted by Gasteiger charge is -2.21. The summed E-state index contributed by atoms with van der Waals surface area (Å²) in [5.74, 6) is -1.40. The van der Waals surface area contributed by atoms with Gasteiger partial charge in [-0.15, -0.1) is 0 Å². The predicted octanol–water partition coefficient (Wildman–Crippen LogP) is 3.48. The summed E-state index contributed by atoms with van der Waals surface area (Å²) in [4.78, 5) is 21.0. The number of carbonyl (C=O) groups is 1. The molecule has 4 rings (SSSR count). The number of hydrogen-bond acceptors (Lipinski definition) is 4. The summed E-state index contributed by atoms with van der Waals surface area (Å²) in [6.07, 6.45) is -0.660. The maximum atomic E-state index is 13.2. The highest BCUT2D eigenvalue weighted by atomic mass is 19.4. The largest absolute Gasteiger partial charge is 0.408 e. The first-order valence-electron chi connectivity index (χ1n) is 8.90. The number of nitrogens with zero attached hydrogens (tertiary/aromatic N) is 4. The van der Waals surface area contributed by atoms with E-state index in [1.807, 2.05) is 19.1 Å². The third kappa shape index (κ3) is 3.44. The summed E-state index contributed by atoms with van der Waals surface area (Å²) in [6, 6.07) is 3.64. The predicted molar refractivity (Wildman–Crippen MR) is 95.7 cm³/mol. The average Bonchev–Trinajstić information content (AvgIpc) is 3.37. The van der Waals surface area contributed by atoms with Gasteiger partial charge >= 0.3 is 6.18 Å². The minimum absolute atomic E-state index is 0.0325. The van der Waals surface area contributed by atoms with Gasteiger partial charge < -0.3 is 5.32 Å². The van der Waals surface area contributed by atoms with Gasteiger partial charge in [0.05, 0.1) is 11.9 Å². The maximum absolute atomic E-state index is 13.2. The van der Waals surface area contributed by atoms with Gasteiger partial charge in [-0.1, -0.05) is 0 Å². The number of carbonyl (C=O) groups excluding carboxylic acids is 1. The number of aromatic nitrogens is 4. The molecule has 1 saturated carbocycles. The van der Waals surface area contributed by atoms with E-state index >= 15 is 0 Å². The molecule has 0 saturated heterocycles. The Morgan fingerprint density at radius 3 is 2.57 bits per heavy atom. The standard InChI is InChI=1S/C19H18F3N5O/c1-10-7-14(13-4-3-11(2)23-8-13)26-27-15(9-24-17(10)27)18(28)25-16(12-5-6-12)19(20,21)22/h3-4,7-9,12,16H,5-6H2,1-2H3,(H,25,28)/t16-/m0/s1. The number of halogens is 3. The molecule has 1 fully saturated rings. The molecule has 146 valence electrons. The van der Waals surface area contributed by atoms with Crippen molar-refractivity contribution < 1.29 is 18.0 Å². The first-order chi connectivity index (χ1) is 13.2. The summed E-state index contributed by atoms with van der Waals surface area (Å²) in [5, 5.41) is 6.54. The number of alkyl halides is 3. The van der Waals surface area contributed by atoms with Crippen LogP contribution in [0.25, 0.3) is 16.9 Å². The number of aryl methyl sites for hydroxylation is 2. The fourth-order valence-electron chi connectivity index (χ4n) is 3.15. The van der Waals surface area contributed by atoms with E-state index in [0.717, 1.165) is 16.8 Å². The molecule has 0 bridgehead atoms. The van der Waals surface area contributed by atoms with E-state index in [-0.39, 0.29) is 5.69 Å². The second-order valence-electron chi connectivity index (χ2n) is 7.11. The lowest BCUT2D eigenvalue weighted by molar-refractivity contribution is -0.158. The molecule has 0 aliphatic heterocycles. The molecule has 3 heterocycles. The lowest BCUT2D eigenvalue weighted by atomic mass is 10.1. The molecule has 1 N–H and O–H groups in total. The topological polar surface area (TPSA) is 72.2 Å². The summed E-state index contributed by atoms with van der Waals surface area (Å²) in [6.45, 7) is 3.67. The van der Waals surface area contributed by atoms with Crippen LogP contribution in [0.4, 0.5) is 13.2 Å². The second kappa shape index (κ2) is 6.57. The van der Waals surface area contributed by atoms with Gasteiger partial charge in [0.25, 0.3) is 5.91 Å². The lowest BCUT2D eigenvalue weighted by Crippen LogP contribution is -2.47. The number of pyridine rings is 1. The highest BCUT2D eigenvalue weighted by Crippen LogP contribution is 2.40. The van der Waals surface area contributed by atoms with Crippen LogP contribution in [-0.2, 0) is 0 Å². The van der Waals surface area contributed by atoms with Crippen molar-refractivity contribution in [3.8, 4) is 11.3 Å². The van der Waals surface area contributed by atoms with Gasteiger partial charge in [0.2, 0.25) is 0 Å². The maximum Gasteiger partial charge on any atom is 0.408 e. The summed E-state index contributed by atoms with van der Waals surface area (Å²) in [7, 11) is 0. The number of imidazole rings is 1. The molecule has 0 spiro atoms. The zero-order valence-electron chi connectivity index (χ0n) is 15.3. The molecular formula is C19H18F3N5O. The van der Waals surface area contributed by atoms with Crippen molar-refractivity contribution in [2.24, 2.45) is 5.92 Å². The fraction of sp³-hybridized carbons (Fsp3) is 0.368. The highest BCUT2D eigenvalue weighted by Gasteiger charge is 2.49. The number of rotatable bonds is 4. The number of amides is 1. The fourth-order valence-corrected chi connectivity index (χ4v) is 3.15. The first kappa shape index (κ1) is 18.4. The monoisotopic (exact) mass is 389 g/mol. The molecule has 3 aromatic rings. The summed E-state index contributed by atoms with van der Waals surface area (Å²) >= 11 is 0. The van der Waals surface area contributed by atoms with Crippen molar-refractivity contribution in [1.29, 1.82) is 0 Å². The van der Waals surface area contributed by atoms with E-state index in [1.54, 1.807) is 19.2 Å². The summed E-state index contributed by atoms with van der Waals surface area (Å²) in [5.41, 5.74) is 3.28. The molecular weight excluding hydrogens is 371 g/mol. The van der Waals surface area contributed by atoms with Gasteiger partial charge in [-0.2, -0.15) is 18.3 Å². The molecule has 1 amide bonds. The van der Waals surface area contributed by atoms with E-state index in [0.29, 0.717) is 24.2 Å². The first-order valence-corrected chi connectivity index (χ1v) is 8.90. The molecule has 1 aliphatic rings. The molecule has 0 aromatic carbocycles. The number of nitrogens with one attached hydrogen (secondary N) is 1. The average molecular weight is 389 g/mol. The van der Waals surface area contributed by atoms with Gasteiger partial charge in [-0.25, -0.2) is 9.50 Å². The van der Waals surface area contributed by atoms with Crippen molar-refractivity contribution in [3.05, 3.63) is 47.5 Å². The Labute approximate surface area is 158 Å². The molecule has 3 aromatic heterocycles. The zero-order valence-corrected chi connectivity index (χ0v) is 15.3. The molecule has 1 atom stereocenters. The molecule has 0 unspecified atom stereocenters. The summed E-state index contributed by atoms with van der Waals surface area (Å²) < 4.78 is 41.0. The van der Waals surface area contributed by atoms with E-state index < -0.39 is 24.0 Å². The van der Waals surface area contributed by atoms with Crippen LogP contribution in [0.1, 0.15) is 34.6 Å². The minimum Gasteiger partial charge on any atom is -0.339 e. The third-order valence-electron chi connectivity index (χ3n) is 4.82. The normalized spacial score (nSPS) is 15.6. The SMILES string of the molecule is Cc1ccc(-c2cc(C)c3ncc(C(=O)N[C@@H](C4CC4)C(F)(F)F)n3n2)cn1. The van der Waals surface area contributed by atoms with Crippen LogP contribution in [0, 0.1) is 19.8 Å². The van der Waals surface area contributed by atoms with Crippen LogP contribution < -0.4 is 5.32 Å². The van der Waals surface area contributed by atoms with Crippen LogP contribution in [0.15, 0.2) is 30.6 Å². The Balaban J connectivity index is 1.71. The smallest absolute Gasteiger partial charge is 0.339 e. The van der Waals surface area contributed by atoms with Crippen molar-refractivity contribution in [1.82, 2.24) is 24.9 Å². The quantitative estimate of drug-likeness (QED) is 0.742. The molecule has 0 radical (unpaired) electrons. The minimum atomic E-state index is -4.49. The van der Waals surface area contributed by atoms with Gasteiger partial charge in [0, 0.05) is 17.5 Å². The van der Waals surface area contributed by atoms with Crippen molar-refractivity contribution in [2.45, 2.75) is 38.9 Å². The molecule has 9 heteroatoms. The van der Waals surface area contributed by atoms with Crippen LogP contribution in [0.2, 0.25) is 0 Å². The molecule has 1 aliphatic carbocycles. The van der Waals surface area contributed by atoms with Crippen LogP contribution in [-0.4, -0.2) is 37.7 Å². The Hall–Kier alpha value is -2.97. The number of hydrogen-bond donors (Lipinski definition) is 1. The zero-order chi connectivity index (χ0) is 20.1. The van der Waals surface area contributed by atoms with E-state index in [1.165, 1.54) is 10.7 Å². The second-order valence-corrected chi connectivity index (χ2v) is 7.11. The van der Waals surface area contributed by atoms with Gasteiger partial charge in [0.1, 0.15) is 6.04 Å². The van der Waals surface area contributed by atoms with E-state index in [4.69, 9.17) is 0 Å². The Bertz CT molecular complexity index is 1040. The third-order valence-corrected chi connectivity index (χ3v) is 4.82. The van der Waals surface area contributed by atoms with Gasteiger partial charge in [-0.3, -0.25) is 9.78 Å². The Kier molecular flexibility index (Phi) is 4.32. The van der Waals surface area contributed by atoms with E-state index in [9.17, 15) is 18.0 Å². The van der Waals surface area contributed by atoms with Crippen LogP contribution >= 0.6 is 0 Å². The number of fused-ring (bicyclic) bond motifs is 1. The Morgan fingerprint density at radius 2 is 1.96 bits per heavy atom. The highest BCUT2D eigenvalue weighted by molar-refractivity contribution is 5.93. The van der Waals surface area contributed by atoms with Gasteiger partial charge in [0.15, 0.2) is 11.3 Å². The van der Waals surface area contributed by atoms with Crippen molar-refractivity contribution in [3.63, 3.8) is 0 Å². The van der Waals surface area contributed by atoms with Crippen molar-refractivity contribution >= 4 is 11.6 Å². The van der Waals surface area contributed by atoms with Crippen molar-refractivity contribution in [2.75, 3.05) is 0 Å². The van der Waals surface area contributed by atoms with Crippen LogP contribution in [0.5, 0.6) is 0 Å². The molecule has 6 nitrogen and oxygen atoms in total. The Morgan fingerprint density at radius 1 is 1.21 bits per heavy atom. The molecule has 28 heavy (non-hydrogen) atoms. The van der Waals surface area contributed by atoms with Gasteiger partial charge in [-0.05, 0) is 56.4 Å². The van der Waals surface area contributed by atoms with E-state index in [2.05, 4.69) is 20.4 Å². The van der Waals surface area contributed by atoms with Crippen LogP contribution in [0.3, 0.4) is 0 Å².